The van der Waals surface area contributed by atoms with E-state index < -0.39 is 17.2 Å². The number of carbonyl (C=O) groups excluding carboxylic acids is 1. The number of rotatable bonds is 4. The van der Waals surface area contributed by atoms with Gasteiger partial charge in [0, 0.05) is 33.3 Å². The molecule has 0 aliphatic rings. The SMILES string of the molecule is O=C(Cc1cccs1)Oc1ccc2c(-c3cc4ccccc4oc3=O)cc(=O)oc2c1. The van der Waals surface area contributed by atoms with Crippen molar-refractivity contribution in [3.05, 3.63) is 97.8 Å². The monoisotopic (exact) mass is 430 g/mol. The maximum Gasteiger partial charge on any atom is 0.344 e. The van der Waals surface area contributed by atoms with E-state index in [0.29, 0.717) is 16.5 Å². The van der Waals surface area contributed by atoms with Crippen LogP contribution in [0.4, 0.5) is 0 Å². The van der Waals surface area contributed by atoms with Crippen LogP contribution in [-0.4, -0.2) is 5.97 Å². The van der Waals surface area contributed by atoms with Crippen LogP contribution in [0.3, 0.4) is 0 Å². The number of hydrogen-bond acceptors (Lipinski definition) is 7. The Morgan fingerprint density at radius 1 is 0.871 bits per heavy atom. The van der Waals surface area contributed by atoms with Gasteiger partial charge in [-0.2, -0.15) is 0 Å². The minimum atomic E-state index is -0.628. The van der Waals surface area contributed by atoms with Gasteiger partial charge in [0.05, 0.1) is 12.0 Å². The third-order valence-electron chi connectivity index (χ3n) is 4.78. The minimum Gasteiger partial charge on any atom is -0.426 e. The van der Waals surface area contributed by atoms with Crippen molar-refractivity contribution < 1.29 is 18.4 Å². The summed E-state index contributed by atoms with van der Waals surface area (Å²) in [7, 11) is 0. The third-order valence-corrected chi connectivity index (χ3v) is 5.65. The number of carbonyl (C=O) groups is 1. The number of para-hydroxylation sites is 1. The Labute approximate surface area is 178 Å². The highest BCUT2D eigenvalue weighted by molar-refractivity contribution is 7.10. The molecule has 0 fully saturated rings. The number of thiophene rings is 1. The zero-order valence-corrected chi connectivity index (χ0v) is 16.8. The van der Waals surface area contributed by atoms with Crippen LogP contribution in [0.25, 0.3) is 33.1 Å². The van der Waals surface area contributed by atoms with E-state index in [-0.39, 0.29) is 23.3 Å². The molecule has 0 bridgehead atoms. The average Bonchev–Trinajstić information content (AvgIpc) is 3.25. The summed E-state index contributed by atoms with van der Waals surface area (Å²) in [5.74, 6) is -0.171. The first kappa shape index (κ1) is 19.0. The molecule has 0 saturated carbocycles. The van der Waals surface area contributed by atoms with Gasteiger partial charge in [0.2, 0.25) is 0 Å². The maximum absolute atomic E-state index is 12.6. The van der Waals surface area contributed by atoms with E-state index >= 15 is 0 Å². The van der Waals surface area contributed by atoms with Gasteiger partial charge in [-0.25, -0.2) is 9.59 Å². The molecular formula is C24H14O6S. The topological polar surface area (TPSA) is 86.7 Å². The Balaban J connectivity index is 1.56. The third kappa shape index (κ3) is 3.78. The lowest BCUT2D eigenvalue weighted by Crippen LogP contribution is -2.10. The molecule has 0 amide bonds. The van der Waals surface area contributed by atoms with Gasteiger partial charge in [0.1, 0.15) is 16.9 Å². The molecule has 152 valence electrons. The van der Waals surface area contributed by atoms with Gasteiger partial charge in [0.25, 0.3) is 0 Å². The van der Waals surface area contributed by atoms with Crippen LogP contribution >= 0.6 is 11.3 Å². The fraction of sp³-hybridized carbons (Fsp3) is 0.0417. The lowest BCUT2D eigenvalue weighted by molar-refractivity contribution is -0.133. The van der Waals surface area contributed by atoms with Gasteiger partial charge in [-0.1, -0.05) is 24.3 Å². The van der Waals surface area contributed by atoms with E-state index in [2.05, 4.69) is 0 Å². The minimum absolute atomic E-state index is 0.151. The summed E-state index contributed by atoms with van der Waals surface area (Å²) >= 11 is 1.47. The quantitative estimate of drug-likeness (QED) is 0.232. The fourth-order valence-electron chi connectivity index (χ4n) is 3.40. The van der Waals surface area contributed by atoms with Gasteiger partial charge < -0.3 is 13.6 Å². The highest BCUT2D eigenvalue weighted by atomic mass is 32.1. The van der Waals surface area contributed by atoms with Crippen molar-refractivity contribution in [3.8, 4) is 16.9 Å². The molecule has 0 radical (unpaired) electrons. The largest absolute Gasteiger partial charge is 0.426 e. The average molecular weight is 430 g/mol. The van der Waals surface area contributed by atoms with Gasteiger partial charge in [-0.15, -0.1) is 11.3 Å². The number of ether oxygens (including phenoxy) is 1. The molecule has 0 aliphatic carbocycles. The molecule has 0 atom stereocenters. The van der Waals surface area contributed by atoms with Crippen LogP contribution in [0.2, 0.25) is 0 Å². The molecule has 2 aromatic carbocycles. The van der Waals surface area contributed by atoms with E-state index in [0.717, 1.165) is 10.3 Å². The second kappa shape index (κ2) is 7.70. The van der Waals surface area contributed by atoms with Gasteiger partial charge >= 0.3 is 17.2 Å². The first-order chi connectivity index (χ1) is 15.1. The molecule has 7 heteroatoms. The molecule has 0 aliphatic heterocycles. The summed E-state index contributed by atoms with van der Waals surface area (Å²) in [4.78, 5) is 37.8. The van der Waals surface area contributed by atoms with Crippen molar-refractivity contribution >= 4 is 39.2 Å². The lowest BCUT2D eigenvalue weighted by Gasteiger charge is -2.08. The van der Waals surface area contributed by atoms with Gasteiger partial charge in [-0.3, -0.25) is 4.79 Å². The molecule has 5 aromatic rings. The number of esters is 1. The fourth-order valence-corrected chi connectivity index (χ4v) is 4.09. The molecular weight excluding hydrogens is 416 g/mol. The summed E-state index contributed by atoms with van der Waals surface area (Å²) in [5, 5.41) is 3.15. The Kier molecular flexibility index (Phi) is 4.72. The number of benzene rings is 2. The molecule has 6 nitrogen and oxygen atoms in total. The van der Waals surface area contributed by atoms with E-state index in [1.807, 2.05) is 29.6 Å². The molecule has 31 heavy (non-hydrogen) atoms. The summed E-state index contributed by atoms with van der Waals surface area (Å²) in [6, 6.07) is 18.5. The van der Waals surface area contributed by atoms with E-state index in [1.165, 1.54) is 23.5 Å². The Morgan fingerprint density at radius 3 is 2.58 bits per heavy atom. The standard InChI is InChI=1S/C24H14O6S/c25-22(12-16-5-3-9-31-16)28-15-7-8-17-18(13-23(26)29-21(17)11-15)19-10-14-4-1-2-6-20(14)30-24(19)27/h1-11,13H,12H2. The summed E-state index contributed by atoms with van der Waals surface area (Å²) in [6.07, 6.45) is 0.151. The van der Waals surface area contributed by atoms with Crippen molar-refractivity contribution in [2.45, 2.75) is 6.42 Å². The summed E-state index contributed by atoms with van der Waals surface area (Å²) in [5.41, 5.74) is 0.121. The van der Waals surface area contributed by atoms with Crippen LogP contribution in [0.15, 0.2) is 90.5 Å². The molecule has 3 aromatic heterocycles. The van der Waals surface area contributed by atoms with Crippen LogP contribution in [0.5, 0.6) is 5.75 Å². The van der Waals surface area contributed by atoms with Crippen LogP contribution in [0.1, 0.15) is 4.88 Å². The van der Waals surface area contributed by atoms with Crippen LogP contribution in [0, 0.1) is 0 Å². The summed E-state index contributed by atoms with van der Waals surface area (Å²) < 4.78 is 16.1. The van der Waals surface area contributed by atoms with E-state index in [1.54, 1.807) is 30.3 Å². The number of hydrogen-bond donors (Lipinski definition) is 0. The summed E-state index contributed by atoms with van der Waals surface area (Å²) in [6.45, 7) is 0. The van der Waals surface area contributed by atoms with Crippen molar-refractivity contribution in [3.63, 3.8) is 0 Å². The lowest BCUT2D eigenvalue weighted by atomic mass is 10.0. The van der Waals surface area contributed by atoms with Crippen molar-refractivity contribution in [1.82, 2.24) is 0 Å². The highest BCUT2D eigenvalue weighted by Gasteiger charge is 2.15. The smallest absolute Gasteiger partial charge is 0.344 e. The van der Waals surface area contributed by atoms with Crippen LogP contribution < -0.4 is 16.0 Å². The molecule has 0 spiro atoms. The first-order valence-corrected chi connectivity index (χ1v) is 10.3. The normalized spacial score (nSPS) is 11.1. The van der Waals surface area contributed by atoms with Crippen molar-refractivity contribution in [2.24, 2.45) is 0 Å². The Hall–Kier alpha value is -3.97. The van der Waals surface area contributed by atoms with Gasteiger partial charge in [-0.05, 0) is 35.7 Å². The van der Waals surface area contributed by atoms with Crippen LogP contribution in [-0.2, 0) is 11.2 Å². The molecule has 0 saturated heterocycles. The zero-order valence-electron chi connectivity index (χ0n) is 16.0. The molecule has 0 N–H and O–H groups in total. The van der Waals surface area contributed by atoms with Crippen molar-refractivity contribution in [2.75, 3.05) is 0 Å². The van der Waals surface area contributed by atoms with E-state index in [4.69, 9.17) is 13.6 Å². The molecule has 5 rings (SSSR count). The maximum atomic E-state index is 12.6. The van der Waals surface area contributed by atoms with Crippen molar-refractivity contribution in [1.29, 1.82) is 0 Å². The van der Waals surface area contributed by atoms with Gasteiger partial charge in [0.15, 0.2) is 0 Å². The molecule has 0 unspecified atom stereocenters. The predicted octanol–water partition coefficient (Wildman–Crippen LogP) is 4.78. The second-order valence-corrected chi connectivity index (χ2v) is 7.88. The Morgan fingerprint density at radius 2 is 1.74 bits per heavy atom. The zero-order chi connectivity index (χ0) is 21.4. The number of fused-ring (bicyclic) bond motifs is 2. The Bertz CT molecular complexity index is 1540. The second-order valence-electron chi connectivity index (χ2n) is 6.85. The predicted molar refractivity (Wildman–Crippen MR) is 118 cm³/mol. The molecule has 3 heterocycles. The van der Waals surface area contributed by atoms with E-state index in [9.17, 15) is 14.4 Å². The first-order valence-electron chi connectivity index (χ1n) is 9.41. The highest BCUT2D eigenvalue weighted by Crippen LogP contribution is 2.30.